The summed E-state index contributed by atoms with van der Waals surface area (Å²) in [6.07, 6.45) is 4.09. The molecule has 6 rings (SSSR count). The van der Waals surface area contributed by atoms with Gasteiger partial charge in [0.2, 0.25) is 11.8 Å². The van der Waals surface area contributed by atoms with E-state index in [9.17, 15) is 9.90 Å². The maximum absolute atomic E-state index is 15.4. The molecule has 0 saturated carbocycles. The first-order valence-corrected chi connectivity index (χ1v) is 18.5. The van der Waals surface area contributed by atoms with Gasteiger partial charge in [0, 0.05) is 43.2 Å². The van der Waals surface area contributed by atoms with E-state index >= 15 is 9.59 Å². The van der Waals surface area contributed by atoms with E-state index in [4.69, 9.17) is 4.74 Å². The molecule has 9 heteroatoms. The predicted molar refractivity (Wildman–Crippen MR) is 206 cm³/mol. The molecule has 2 bridgehead atoms. The summed E-state index contributed by atoms with van der Waals surface area (Å²) in [6, 6.07) is 25.0. The van der Waals surface area contributed by atoms with Crippen LogP contribution >= 0.6 is 0 Å². The number of aliphatic hydroxyl groups excluding tert-OH is 1. The van der Waals surface area contributed by atoms with Crippen molar-refractivity contribution < 1.29 is 24.2 Å². The van der Waals surface area contributed by atoms with E-state index < -0.39 is 35.1 Å². The molecule has 52 heavy (non-hydrogen) atoms. The second-order valence-corrected chi connectivity index (χ2v) is 14.5. The number of fused-ring (bicyclic) bond motifs is 1. The van der Waals surface area contributed by atoms with Gasteiger partial charge in [0.1, 0.15) is 11.6 Å². The highest BCUT2D eigenvalue weighted by molar-refractivity contribution is 6.07. The first-order chi connectivity index (χ1) is 25.1. The fourth-order valence-electron chi connectivity index (χ4n) is 9.12. The Morgan fingerprint density at radius 2 is 1.42 bits per heavy atom. The lowest BCUT2D eigenvalue weighted by molar-refractivity contribution is -0.149. The lowest BCUT2D eigenvalue weighted by Crippen LogP contribution is -2.59. The Labute approximate surface area is 308 Å². The van der Waals surface area contributed by atoms with E-state index in [1.165, 1.54) is 0 Å². The SMILES string of the molecule is C=CCN(C(=O)C1N([C@@H](CO)Cc2ccccc2)C(=O)[C@@H]2[C@@H](C(=O)N(CC=C)c3ccccc3)[C@]3(C)OC12CC3C)c1ccc(N(CC)CC)cc1. The summed E-state index contributed by atoms with van der Waals surface area (Å²) in [5.74, 6) is -2.87. The number of hydrogen-bond acceptors (Lipinski definition) is 6. The van der Waals surface area contributed by atoms with Gasteiger partial charge in [0.05, 0.1) is 30.1 Å². The third-order valence-electron chi connectivity index (χ3n) is 11.7. The van der Waals surface area contributed by atoms with Gasteiger partial charge in [-0.25, -0.2) is 0 Å². The fraction of sp³-hybridized carbons (Fsp3) is 0.419. The van der Waals surface area contributed by atoms with Gasteiger partial charge in [-0.2, -0.15) is 0 Å². The third-order valence-corrected chi connectivity index (χ3v) is 11.7. The van der Waals surface area contributed by atoms with E-state index in [2.05, 4.69) is 31.9 Å². The molecule has 3 aromatic carbocycles. The van der Waals surface area contributed by atoms with Crippen LogP contribution in [-0.4, -0.2) is 83.8 Å². The zero-order chi connectivity index (χ0) is 37.2. The first kappa shape index (κ1) is 37.0. The molecular formula is C43H52N4O5. The summed E-state index contributed by atoms with van der Waals surface area (Å²) in [7, 11) is 0. The normalized spacial score (nSPS) is 26.5. The van der Waals surface area contributed by atoms with E-state index in [1.54, 1.807) is 26.9 Å². The van der Waals surface area contributed by atoms with Crippen LogP contribution in [0, 0.1) is 17.8 Å². The monoisotopic (exact) mass is 704 g/mol. The minimum absolute atomic E-state index is 0.148. The largest absolute Gasteiger partial charge is 0.394 e. The van der Waals surface area contributed by atoms with Gasteiger partial charge in [0.25, 0.3) is 5.91 Å². The predicted octanol–water partition coefficient (Wildman–Crippen LogP) is 5.89. The summed E-state index contributed by atoms with van der Waals surface area (Å²) < 4.78 is 7.11. The molecule has 3 amide bonds. The number of benzene rings is 3. The van der Waals surface area contributed by atoms with Crippen molar-refractivity contribution in [2.45, 2.75) is 63.8 Å². The van der Waals surface area contributed by atoms with E-state index in [0.717, 1.165) is 24.3 Å². The minimum atomic E-state index is -1.30. The first-order valence-electron chi connectivity index (χ1n) is 18.5. The molecule has 3 aliphatic rings. The van der Waals surface area contributed by atoms with Gasteiger partial charge < -0.3 is 29.4 Å². The van der Waals surface area contributed by atoms with E-state index in [1.807, 2.05) is 98.8 Å². The molecule has 274 valence electrons. The molecule has 3 aromatic rings. The average Bonchev–Trinajstić information content (AvgIpc) is 3.69. The molecule has 1 N–H and O–H groups in total. The lowest BCUT2D eigenvalue weighted by Gasteiger charge is -2.39. The number of hydrogen-bond donors (Lipinski definition) is 1. The Kier molecular flexibility index (Phi) is 10.7. The molecule has 3 heterocycles. The molecule has 1 spiro atoms. The van der Waals surface area contributed by atoms with Gasteiger partial charge in [0.15, 0.2) is 0 Å². The number of carbonyl (C=O) groups excluding carboxylic acids is 3. The number of ether oxygens (including phenoxy) is 1. The van der Waals surface area contributed by atoms with Crippen molar-refractivity contribution >= 4 is 34.8 Å². The standard InChI is InChI=1S/C43H52N4O5/c1-7-25-45(33-19-15-12-16-20-33)39(49)36-37-40(50)47(35(29-48)27-31-17-13-11-14-18-31)38(43(37)28-30(5)42(36,6)52-43)41(51)46(26-8-2)34-23-21-32(22-24-34)44(9-3)10-4/h7-8,11-24,30,35-38,48H,1-2,9-10,25-29H2,3-6H3/t30?,35-,36+,37+,38?,42-,43?/m1/s1. The molecule has 3 saturated heterocycles. The highest BCUT2D eigenvalue weighted by Crippen LogP contribution is 2.66. The van der Waals surface area contributed by atoms with E-state index in [-0.39, 0.29) is 43.3 Å². The van der Waals surface area contributed by atoms with Crippen molar-refractivity contribution in [1.29, 1.82) is 0 Å². The number of nitrogens with zero attached hydrogens (tertiary/aromatic N) is 4. The van der Waals surface area contributed by atoms with Crippen LogP contribution in [0.3, 0.4) is 0 Å². The second-order valence-electron chi connectivity index (χ2n) is 14.5. The average molecular weight is 705 g/mol. The van der Waals surface area contributed by atoms with Gasteiger partial charge in [-0.05, 0) is 81.5 Å². The van der Waals surface area contributed by atoms with Crippen molar-refractivity contribution in [2.75, 3.05) is 47.5 Å². The van der Waals surface area contributed by atoms with Crippen LogP contribution in [-0.2, 0) is 25.5 Å². The summed E-state index contributed by atoms with van der Waals surface area (Å²) in [5, 5.41) is 11.0. The fourth-order valence-corrected chi connectivity index (χ4v) is 9.12. The number of likely N-dealkylation sites (tertiary alicyclic amines) is 1. The van der Waals surface area contributed by atoms with Crippen LogP contribution in [0.1, 0.15) is 39.7 Å². The summed E-state index contributed by atoms with van der Waals surface area (Å²) in [6.45, 7) is 17.8. The minimum Gasteiger partial charge on any atom is -0.394 e. The van der Waals surface area contributed by atoms with Crippen molar-refractivity contribution in [3.8, 4) is 0 Å². The quantitative estimate of drug-likeness (QED) is 0.199. The van der Waals surface area contributed by atoms with Crippen LogP contribution in [0.5, 0.6) is 0 Å². The molecule has 3 unspecified atom stereocenters. The van der Waals surface area contributed by atoms with Crippen LogP contribution in [0.25, 0.3) is 0 Å². The zero-order valence-corrected chi connectivity index (χ0v) is 30.9. The van der Waals surface area contributed by atoms with Gasteiger partial charge >= 0.3 is 0 Å². The van der Waals surface area contributed by atoms with Crippen molar-refractivity contribution in [2.24, 2.45) is 17.8 Å². The van der Waals surface area contributed by atoms with Crippen LogP contribution in [0.4, 0.5) is 17.1 Å². The molecule has 0 aromatic heterocycles. The number of aliphatic hydroxyl groups is 1. The summed E-state index contributed by atoms with van der Waals surface area (Å²) in [5.41, 5.74) is 1.01. The van der Waals surface area contributed by atoms with Gasteiger partial charge in [-0.1, -0.05) is 67.6 Å². The Hall–Kier alpha value is -4.73. The lowest BCUT2D eigenvalue weighted by atomic mass is 9.62. The number of anilines is 3. The molecular weight excluding hydrogens is 652 g/mol. The van der Waals surface area contributed by atoms with Crippen LogP contribution in [0.2, 0.25) is 0 Å². The van der Waals surface area contributed by atoms with Crippen molar-refractivity contribution in [3.63, 3.8) is 0 Å². The molecule has 3 aliphatic heterocycles. The van der Waals surface area contributed by atoms with Crippen LogP contribution < -0.4 is 14.7 Å². The molecule has 7 atom stereocenters. The molecule has 3 fully saturated rings. The third kappa shape index (κ3) is 6.13. The smallest absolute Gasteiger partial charge is 0.253 e. The van der Waals surface area contributed by atoms with Crippen LogP contribution in [0.15, 0.2) is 110 Å². The Bertz CT molecular complexity index is 1760. The highest BCUT2D eigenvalue weighted by atomic mass is 16.5. The maximum Gasteiger partial charge on any atom is 0.253 e. The topological polar surface area (TPSA) is 93.6 Å². The second kappa shape index (κ2) is 15.1. The van der Waals surface area contributed by atoms with Crippen molar-refractivity contribution in [3.05, 3.63) is 116 Å². The molecule has 9 nitrogen and oxygen atoms in total. The summed E-state index contributed by atoms with van der Waals surface area (Å²) in [4.78, 5) is 52.6. The highest BCUT2D eigenvalue weighted by Gasteiger charge is 2.80. The zero-order valence-electron chi connectivity index (χ0n) is 30.9. The number of para-hydroxylation sites is 1. The van der Waals surface area contributed by atoms with E-state index in [0.29, 0.717) is 24.2 Å². The number of carbonyl (C=O) groups is 3. The maximum atomic E-state index is 15.4. The van der Waals surface area contributed by atoms with Crippen molar-refractivity contribution in [1.82, 2.24) is 4.90 Å². The number of amides is 3. The van der Waals surface area contributed by atoms with Gasteiger partial charge in [-0.15, -0.1) is 13.2 Å². The molecule has 0 radical (unpaired) electrons. The Morgan fingerprint density at radius 3 is 1.98 bits per heavy atom. The molecule has 0 aliphatic carbocycles. The number of rotatable bonds is 15. The Morgan fingerprint density at radius 1 is 0.885 bits per heavy atom. The Balaban J connectivity index is 1.48. The van der Waals surface area contributed by atoms with Gasteiger partial charge in [-0.3, -0.25) is 14.4 Å². The summed E-state index contributed by atoms with van der Waals surface area (Å²) >= 11 is 0.